The Morgan fingerprint density at radius 2 is 1.95 bits per heavy atom. The van der Waals surface area contributed by atoms with Crippen molar-refractivity contribution in [3.8, 4) is 17.4 Å². The normalized spacial score (nSPS) is 10.5. The van der Waals surface area contributed by atoms with Gasteiger partial charge in [0.25, 0.3) is 0 Å². The largest absolute Gasteiger partial charge is 0.493 e. The Morgan fingerprint density at radius 1 is 1.09 bits per heavy atom. The average molecular weight is 294 g/mol. The van der Waals surface area contributed by atoms with E-state index in [1.807, 2.05) is 25.1 Å². The van der Waals surface area contributed by atoms with E-state index in [-0.39, 0.29) is 0 Å². The van der Waals surface area contributed by atoms with Crippen molar-refractivity contribution in [1.82, 2.24) is 9.97 Å². The Balaban J connectivity index is 2.09. The molecule has 0 radical (unpaired) electrons. The molecule has 0 atom stereocenters. The van der Waals surface area contributed by atoms with E-state index in [0.29, 0.717) is 22.9 Å². The van der Waals surface area contributed by atoms with Crippen LogP contribution >= 0.6 is 0 Å². The van der Waals surface area contributed by atoms with Crippen LogP contribution in [0.4, 0.5) is 0 Å². The highest BCUT2D eigenvalue weighted by Gasteiger charge is 2.12. The molecule has 5 nitrogen and oxygen atoms in total. The third-order valence-corrected chi connectivity index (χ3v) is 3.37. The van der Waals surface area contributed by atoms with E-state index < -0.39 is 0 Å². The minimum absolute atomic E-state index is 0.459. The lowest BCUT2D eigenvalue weighted by Gasteiger charge is -2.12. The van der Waals surface area contributed by atoms with Gasteiger partial charge in [0.15, 0.2) is 11.5 Å². The van der Waals surface area contributed by atoms with Crippen LogP contribution in [0.1, 0.15) is 15.9 Å². The van der Waals surface area contributed by atoms with Crippen molar-refractivity contribution in [1.29, 1.82) is 0 Å². The summed E-state index contributed by atoms with van der Waals surface area (Å²) in [6.45, 7) is 1.98. The molecule has 1 aromatic heterocycles. The molecule has 110 valence electrons. The molecule has 0 aliphatic carbocycles. The summed E-state index contributed by atoms with van der Waals surface area (Å²) in [5.74, 6) is 1.43. The molecule has 0 aliphatic rings. The molecule has 3 aromatic rings. The Hall–Kier alpha value is -2.95. The van der Waals surface area contributed by atoms with E-state index in [0.717, 1.165) is 22.8 Å². The quantitative estimate of drug-likeness (QED) is 0.689. The van der Waals surface area contributed by atoms with E-state index in [4.69, 9.17) is 9.47 Å². The fourth-order valence-electron chi connectivity index (χ4n) is 2.27. The van der Waals surface area contributed by atoms with Gasteiger partial charge in [-0.25, -0.2) is 9.97 Å². The zero-order valence-corrected chi connectivity index (χ0v) is 12.2. The molecule has 5 heteroatoms. The van der Waals surface area contributed by atoms with E-state index in [1.54, 1.807) is 18.2 Å². The van der Waals surface area contributed by atoms with E-state index in [2.05, 4.69) is 9.97 Å². The highest BCUT2D eigenvalue weighted by atomic mass is 16.5. The molecular weight excluding hydrogens is 280 g/mol. The summed E-state index contributed by atoms with van der Waals surface area (Å²) in [7, 11) is 1.53. The van der Waals surface area contributed by atoms with Crippen LogP contribution in [0.2, 0.25) is 0 Å². The van der Waals surface area contributed by atoms with Crippen LogP contribution in [-0.4, -0.2) is 23.4 Å². The third kappa shape index (κ3) is 2.48. The molecule has 22 heavy (non-hydrogen) atoms. The first-order valence-electron chi connectivity index (χ1n) is 6.74. The van der Waals surface area contributed by atoms with Crippen molar-refractivity contribution in [3.05, 3.63) is 53.9 Å². The molecule has 0 saturated heterocycles. The van der Waals surface area contributed by atoms with E-state index >= 15 is 0 Å². The molecule has 1 heterocycles. The van der Waals surface area contributed by atoms with Crippen molar-refractivity contribution < 1.29 is 14.3 Å². The predicted molar refractivity (Wildman–Crippen MR) is 82.7 cm³/mol. The first-order valence-corrected chi connectivity index (χ1v) is 6.74. The number of ether oxygens (including phenoxy) is 2. The molecule has 2 aromatic carbocycles. The summed E-state index contributed by atoms with van der Waals surface area (Å²) in [4.78, 5) is 19.3. The smallest absolute Gasteiger partial charge is 0.230 e. The second-order valence-electron chi connectivity index (χ2n) is 4.78. The molecule has 0 saturated carbocycles. The van der Waals surface area contributed by atoms with Gasteiger partial charge in [0.1, 0.15) is 12.6 Å². The van der Waals surface area contributed by atoms with Crippen molar-refractivity contribution in [3.63, 3.8) is 0 Å². The lowest BCUT2D eigenvalue weighted by atomic mass is 10.1. The average Bonchev–Trinajstić information content (AvgIpc) is 2.55. The second-order valence-corrected chi connectivity index (χ2v) is 4.78. The van der Waals surface area contributed by atoms with Gasteiger partial charge in [-0.3, -0.25) is 4.79 Å². The number of aldehydes is 1. The number of rotatable bonds is 4. The third-order valence-electron chi connectivity index (χ3n) is 3.37. The van der Waals surface area contributed by atoms with Crippen LogP contribution in [0.25, 0.3) is 10.9 Å². The molecule has 0 bridgehead atoms. The lowest BCUT2D eigenvalue weighted by molar-refractivity contribution is 0.112. The van der Waals surface area contributed by atoms with Crippen LogP contribution in [0.5, 0.6) is 17.4 Å². The lowest BCUT2D eigenvalue weighted by Crippen LogP contribution is -1.96. The molecule has 0 aliphatic heterocycles. The number of hydrogen-bond donors (Lipinski definition) is 0. The number of hydrogen-bond acceptors (Lipinski definition) is 5. The highest BCUT2D eigenvalue weighted by Crippen LogP contribution is 2.34. The number of fused-ring (bicyclic) bond motifs is 1. The van der Waals surface area contributed by atoms with Crippen molar-refractivity contribution in [2.45, 2.75) is 6.92 Å². The summed E-state index contributed by atoms with van der Waals surface area (Å²) in [6, 6.07) is 10.8. The van der Waals surface area contributed by atoms with Gasteiger partial charge in [0.05, 0.1) is 18.0 Å². The second kappa shape index (κ2) is 5.81. The van der Waals surface area contributed by atoms with Crippen molar-refractivity contribution >= 4 is 17.2 Å². The number of nitrogens with zero attached hydrogens (tertiary/aromatic N) is 2. The number of carbonyl (C=O) groups excluding carboxylic acids is 1. The topological polar surface area (TPSA) is 61.3 Å². The van der Waals surface area contributed by atoms with E-state index in [9.17, 15) is 4.79 Å². The maximum atomic E-state index is 10.8. The van der Waals surface area contributed by atoms with Gasteiger partial charge in [-0.1, -0.05) is 12.1 Å². The van der Waals surface area contributed by atoms with Gasteiger partial charge in [-0.15, -0.1) is 0 Å². The Labute approximate surface area is 127 Å². The number of benzene rings is 2. The zero-order chi connectivity index (χ0) is 15.5. The van der Waals surface area contributed by atoms with Gasteiger partial charge in [-0.2, -0.15) is 0 Å². The fraction of sp³-hybridized carbons (Fsp3) is 0.118. The minimum atomic E-state index is 0.459. The highest BCUT2D eigenvalue weighted by molar-refractivity contribution is 5.86. The molecule has 0 amide bonds. The molecular formula is C17H14N2O3. The van der Waals surface area contributed by atoms with Gasteiger partial charge in [0, 0.05) is 5.56 Å². The number of aromatic nitrogens is 2. The van der Waals surface area contributed by atoms with Gasteiger partial charge < -0.3 is 9.47 Å². The standard InChI is InChI=1S/C17H14N2O3/c1-11-4-3-5-13-16(11)17(19-10-18-13)22-14-7-6-12(9-20)8-15(14)21-2/h3-10H,1-2H3. The molecule has 0 N–H and O–H groups in total. The van der Waals surface area contributed by atoms with Crippen LogP contribution in [0.15, 0.2) is 42.7 Å². The van der Waals surface area contributed by atoms with E-state index in [1.165, 1.54) is 13.4 Å². The number of carbonyl (C=O) groups is 1. The van der Waals surface area contributed by atoms with Crippen molar-refractivity contribution in [2.24, 2.45) is 0 Å². The first-order chi connectivity index (χ1) is 10.7. The van der Waals surface area contributed by atoms with Gasteiger partial charge >= 0.3 is 0 Å². The van der Waals surface area contributed by atoms with Crippen LogP contribution in [0.3, 0.4) is 0 Å². The first kappa shape index (κ1) is 14.0. The predicted octanol–water partition coefficient (Wildman–Crippen LogP) is 3.55. The molecule has 3 rings (SSSR count). The molecule has 0 unspecified atom stereocenters. The minimum Gasteiger partial charge on any atom is -0.493 e. The summed E-state index contributed by atoms with van der Waals surface area (Å²) in [5, 5.41) is 0.853. The Bertz CT molecular complexity index is 841. The number of aryl methyl sites for hydroxylation is 1. The van der Waals surface area contributed by atoms with Gasteiger partial charge in [0.2, 0.25) is 5.88 Å². The SMILES string of the molecule is COc1cc(C=O)ccc1Oc1ncnc2cccc(C)c12. The monoisotopic (exact) mass is 294 g/mol. The fourth-order valence-corrected chi connectivity index (χ4v) is 2.27. The maximum absolute atomic E-state index is 10.8. The van der Waals surface area contributed by atoms with Crippen LogP contribution < -0.4 is 9.47 Å². The summed E-state index contributed by atoms with van der Waals surface area (Å²) >= 11 is 0. The summed E-state index contributed by atoms with van der Waals surface area (Å²) in [5.41, 5.74) is 2.36. The molecule has 0 spiro atoms. The van der Waals surface area contributed by atoms with Gasteiger partial charge in [-0.05, 0) is 36.8 Å². The number of methoxy groups -OCH3 is 1. The zero-order valence-electron chi connectivity index (χ0n) is 12.2. The Morgan fingerprint density at radius 3 is 2.73 bits per heavy atom. The molecule has 0 fully saturated rings. The summed E-state index contributed by atoms with van der Waals surface area (Å²) < 4.78 is 11.2. The summed E-state index contributed by atoms with van der Waals surface area (Å²) in [6.07, 6.45) is 2.22. The van der Waals surface area contributed by atoms with Crippen molar-refractivity contribution in [2.75, 3.05) is 7.11 Å². The van der Waals surface area contributed by atoms with Crippen LogP contribution in [-0.2, 0) is 0 Å². The maximum Gasteiger partial charge on any atom is 0.230 e. The Kier molecular flexibility index (Phi) is 3.70. The van der Waals surface area contributed by atoms with Crippen LogP contribution in [0, 0.1) is 6.92 Å².